The van der Waals surface area contributed by atoms with Gasteiger partial charge in [-0.05, 0) is 36.2 Å². The number of hydrogen-bond donors (Lipinski definition) is 0. The highest BCUT2D eigenvalue weighted by Gasteiger charge is 2.32. The van der Waals surface area contributed by atoms with E-state index in [1.54, 1.807) is 23.0 Å². The number of alkyl halides is 3. The van der Waals surface area contributed by atoms with E-state index < -0.39 is 26.8 Å². The van der Waals surface area contributed by atoms with Crippen LogP contribution in [0.3, 0.4) is 0 Å². The molecule has 4 aromatic rings. The third-order valence-corrected chi connectivity index (χ3v) is 7.12. The van der Waals surface area contributed by atoms with E-state index in [2.05, 4.69) is 14.7 Å². The van der Waals surface area contributed by atoms with Gasteiger partial charge in [0, 0.05) is 37.3 Å². The Morgan fingerprint density at radius 2 is 1.82 bits per heavy atom. The number of nitrogens with zero attached hydrogens (tertiary/aromatic N) is 3. The lowest BCUT2D eigenvalue weighted by Crippen LogP contribution is -2.17. The smallest absolute Gasteiger partial charge is 0.406 e. The van der Waals surface area contributed by atoms with Gasteiger partial charge < -0.3 is 4.74 Å². The Morgan fingerprint density at radius 3 is 2.53 bits per heavy atom. The van der Waals surface area contributed by atoms with Crippen LogP contribution >= 0.6 is 11.6 Å². The van der Waals surface area contributed by atoms with E-state index in [1.807, 2.05) is 0 Å². The number of benzene rings is 2. The van der Waals surface area contributed by atoms with Crippen molar-refractivity contribution in [1.29, 1.82) is 0 Å². The summed E-state index contributed by atoms with van der Waals surface area (Å²) in [5.41, 5.74) is 1.12. The molecule has 0 amide bonds. The Labute approximate surface area is 196 Å². The fourth-order valence-electron chi connectivity index (χ4n) is 3.21. The summed E-state index contributed by atoms with van der Waals surface area (Å²) in [7, 11) is -4.22. The lowest BCUT2D eigenvalue weighted by atomic mass is 10.0. The van der Waals surface area contributed by atoms with Crippen LogP contribution in [-0.4, -0.2) is 34.9 Å². The minimum absolute atomic E-state index is 0.145. The second-order valence-electron chi connectivity index (χ2n) is 7.19. The zero-order chi connectivity index (χ0) is 24.5. The Hall–Kier alpha value is -3.44. The first-order valence-electron chi connectivity index (χ1n) is 9.74. The third-order valence-electron chi connectivity index (χ3n) is 4.87. The number of ether oxygens (including phenoxy) is 1. The minimum atomic E-state index is -4.98. The molecule has 2 aromatic carbocycles. The highest BCUT2D eigenvalue weighted by atomic mass is 35.5. The van der Waals surface area contributed by atoms with Gasteiger partial charge in [-0.25, -0.2) is 18.4 Å². The van der Waals surface area contributed by atoms with E-state index >= 15 is 0 Å². The van der Waals surface area contributed by atoms with Gasteiger partial charge in [0.15, 0.2) is 5.78 Å². The number of imidazole rings is 1. The summed E-state index contributed by atoms with van der Waals surface area (Å²) in [6.45, 7) is 0. The molecule has 0 spiro atoms. The van der Waals surface area contributed by atoms with E-state index in [1.165, 1.54) is 30.5 Å². The molecular formula is C22H15ClF3N3O4S. The van der Waals surface area contributed by atoms with Crippen molar-refractivity contribution in [3.05, 3.63) is 83.4 Å². The summed E-state index contributed by atoms with van der Waals surface area (Å²) in [6.07, 6.45) is 1.85. The van der Waals surface area contributed by atoms with Crippen molar-refractivity contribution in [2.24, 2.45) is 0 Å². The molecule has 0 unspecified atom stereocenters. The number of carbonyl (C=O) groups excluding carboxylic acids is 1. The van der Waals surface area contributed by atoms with Gasteiger partial charge in [-0.15, -0.1) is 13.2 Å². The lowest BCUT2D eigenvalue weighted by Gasteiger charge is -2.12. The molecule has 0 saturated carbocycles. The van der Waals surface area contributed by atoms with Crippen molar-refractivity contribution in [3.63, 3.8) is 0 Å². The highest BCUT2D eigenvalue weighted by Crippen LogP contribution is 2.33. The van der Waals surface area contributed by atoms with E-state index in [0.717, 1.165) is 18.2 Å². The average Bonchev–Trinajstić information content (AvgIpc) is 3.26. The molecule has 7 nitrogen and oxygen atoms in total. The molecule has 4 rings (SSSR count). The molecule has 34 heavy (non-hydrogen) atoms. The van der Waals surface area contributed by atoms with E-state index in [9.17, 15) is 26.4 Å². The monoisotopic (exact) mass is 509 g/mol. The fraction of sp³-hybridized carbons (Fsp3) is 0.136. The van der Waals surface area contributed by atoms with Crippen LogP contribution in [0.15, 0.2) is 77.0 Å². The number of sulfone groups is 1. The second kappa shape index (κ2) is 9.07. The molecule has 2 aromatic heterocycles. The average molecular weight is 510 g/mol. The summed E-state index contributed by atoms with van der Waals surface area (Å²) < 4.78 is 68.8. The van der Waals surface area contributed by atoms with Crippen LogP contribution in [0.2, 0.25) is 5.02 Å². The Morgan fingerprint density at radius 1 is 1.09 bits per heavy atom. The molecule has 0 aliphatic carbocycles. The highest BCUT2D eigenvalue weighted by molar-refractivity contribution is 7.91. The van der Waals surface area contributed by atoms with Gasteiger partial charge in [-0.1, -0.05) is 23.7 Å². The van der Waals surface area contributed by atoms with Crippen LogP contribution in [0.4, 0.5) is 13.2 Å². The van der Waals surface area contributed by atoms with Crippen molar-refractivity contribution >= 4 is 33.0 Å². The molecule has 0 bridgehead atoms. The number of ketones is 1. The Balaban J connectivity index is 1.48. The second-order valence-corrected chi connectivity index (χ2v) is 9.51. The number of hydrogen-bond acceptors (Lipinski definition) is 6. The number of aryl methyl sites for hydroxylation is 1. The van der Waals surface area contributed by atoms with Crippen LogP contribution < -0.4 is 4.74 Å². The van der Waals surface area contributed by atoms with Gasteiger partial charge in [0.05, 0.1) is 20.4 Å². The maximum absolute atomic E-state index is 12.9. The van der Waals surface area contributed by atoms with E-state index in [4.69, 9.17) is 11.6 Å². The van der Waals surface area contributed by atoms with Crippen molar-refractivity contribution in [2.75, 3.05) is 0 Å². The summed E-state index contributed by atoms with van der Waals surface area (Å²) >= 11 is 5.94. The first-order valence-corrected chi connectivity index (χ1v) is 11.6. The summed E-state index contributed by atoms with van der Waals surface area (Å²) in [5, 5.41) is -0.243. The maximum atomic E-state index is 12.9. The van der Waals surface area contributed by atoms with Gasteiger partial charge in [-0.2, -0.15) is 0 Å². The zero-order valence-corrected chi connectivity index (χ0v) is 18.7. The topological polar surface area (TPSA) is 90.6 Å². The number of rotatable bonds is 7. The minimum Gasteiger partial charge on any atom is -0.406 e. The number of fused-ring (bicyclic) bond motifs is 1. The standard InChI is InChI=1S/C22H15ClF3N3O4S/c23-18-7-4-16(33-22(24,25)26)11-20(18)34(31,32)17-5-1-14(2-6-17)3-8-19(30)15-12-28-21-27-9-10-29(21)13-15/h1-2,4-7,9-13H,3,8H2. The molecule has 0 atom stereocenters. The van der Waals surface area contributed by atoms with Gasteiger partial charge >= 0.3 is 6.36 Å². The zero-order valence-electron chi connectivity index (χ0n) is 17.2. The quantitative estimate of drug-likeness (QED) is 0.328. The van der Waals surface area contributed by atoms with Crippen molar-refractivity contribution in [2.45, 2.75) is 29.0 Å². The predicted octanol–water partition coefficient (Wildman–Crippen LogP) is 4.93. The molecule has 0 aliphatic heterocycles. The molecule has 0 saturated heterocycles. The SMILES string of the molecule is O=C(CCc1ccc(S(=O)(=O)c2cc(OC(F)(F)F)ccc2Cl)cc1)c1cnc2nccn2c1. The van der Waals surface area contributed by atoms with Crippen molar-refractivity contribution in [3.8, 4) is 5.75 Å². The van der Waals surface area contributed by atoms with Crippen LogP contribution in [0.25, 0.3) is 5.78 Å². The Bertz CT molecular complexity index is 1470. The molecule has 2 heterocycles. The normalized spacial score (nSPS) is 12.1. The van der Waals surface area contributed by atoms with Crippen LogP contribution in [0.1, 0.15) is 22.3 Å². The third kappa shape index (κ3) is 5.20. The summed E-state index contributed by atoms with van der Waals surface area (Å²) in [5.74, 6) is -0.369. The fourth-order valence-corrected chi connectivity index (χ4v) is 4.98. The van der Waals surface area contributed by atoms with Crippen molar-refractivity contribution in [1.82, 2.24) is 14.4 Å². The molecular weight excluding hydrogens is 495 g/mol. The van der Waals surface area contributed by atoms with Gasteiger partial charge in [-0.3, -0.25) is 9.20 Å². The number of Topliss-reactive ketones (excluding diaryl/α,β-unsaturated/α-hetero) is 1. The number of halogens is 4. The largest absolute Gasteiger partial charge is 0.573 e. The van der Waals surface area contributed by atoms with Crippen LogP contribution in [-0.2, 0) is 16.3 Å². The predicted molar refractivity (Wildman–Crippen MR) is 116 cm³/mol. The molecule has 0 radical (unpaired) electrons. The molecule has 176 valence electrons. The Kier molecular flexibility index (Phi) is 6.32. The lowest BCUT2D eigenvalue weighted by molar-refractivity contribution is -0.274. The molecule has 12 heteroatoms. The molecule has 0 fully saturated rings. The van der Waals surface area contributed by atoms with Crippen molar-refractivity contribution < 1.29 is 31.1 Å². The summed E-state index contributed by atoms with van der Waals surface area (Å²) in [6, 6.07) is 8.34. The first-order chi connectivity index (χ1) is 16.0. The van der Waals surface area contributed by atoms with Crippen LogP contribution in [0, 0.1) is 0 Å². The van der Waals surface area contributed by atoms with E-state index in [-0.39, 0.29) is 22.1 Å². The number of aromatic nitrogens is 3. The van der Waals surface area contributed by atoms with Gasteiger partial charge in [0.2, 0.25) is 15.6 Å². The molecule has 0 N–H and O–H groups in total. The first kappa shape index (κ1) is 23.7. The molecule has 0 aliphatic rings. The number of carbonyl (C=O) groups is 1. The maximum Gasteiger partial charge on any atom is 0.573 e. The summed E-state index contributed by atoms with van der Waals surface area (Å²) in [4.78, 5) is 19.9. The van der Waals surface area contributed by atoms with Gasteiger partial charge in [0.1, 0.15) is 5.75 Å². The van der Waals surface area contributed by atoms with Gasteiger partial charge in [0.25, 0.3) is 0 Å². The van der Waals surface area contributed by atoms with Crippen LogP contribution in [0.5, 0.6) is 5.75 Å². The van der Waals surface area contributed by atoms with E-state index in [0.29, 0.717) is 23.3 Å².